The van der Waals surface area contributed by atoms with E-state index in [4.69, 9.17) is 23.2 Å². The predicted molar refractivity (Wildman–Crippen MR) is 97.1 cm³/mol. The number of hydrogen-bond donors (Lipinski definition) is 0. The Morgan fingerprint density at radius 3 is 1.44 bits per heavy atom. The molecule has 1 aliphatic rings. The molecule has 0 spiro atoms. The Kier molecular flexibility index (Phi) is 4.79. The van der Waals surface area contributed by atoms with Crippen LogP contribution in [0.25, 0.3) is 0 Å². The Morgan fingerprint density at radius 1 is 0.760 bits per heavy atom. The van der Waals surface area contributed by atoms with E-state index in [2.05, 4.69) is 0 Å². The Hall–Kier alpha value is -2.37. The van der Waals surface area contributed by atoms with Gasteiger partial charge in [0.05, 0.1) is 11.4 Å². The highest BCUT2D eigenvalue weighted by atomic mass is 35.5. The van der Waals surface area contributed by atoms with E-state index in [-0.39, 0.29) is 0 Å². The van der Waals surface area contributed by atoms with Crippen molar-refractivity contribution in [1.82, 2.24) is 0 Å². The third kappa shape index (κ3) is 3.13. The van der Waals surface area contributed by atoms with Crippen molar-refractivity contribution in [1.29, 1.82) is 0 Å². The second-order valence-electron chi connectivity index (χ2n) is 5.54. The lowest BCUT2D eigenvalue weighted by atomic mass is 9.99. The van der Waals surface area contributed by atoms with Gasteiger partial charge in [0.2, 0.25) is 11.8 Å². The van der Waals surface area contributed by atoms with Crippen LogP contribution in [0.15, 0.2) is 48.5 Å². The quantitative estimate of drug-likeness (QED) is 0.739. The summed E-state index contributed by atoms with van der Waals surface area (Å²) in [6.45, 7) is 1.73. The molecule has 0 bridgehead atoms. The van der Waals surface area contributed by atoms with Crippen molar-refractivity contribution in [2.75, 3.05) is 9.80 Å². The lowest BCUT2D eigenvalue weighted by Gasteiger charge is -2.36. The average molecular weight is 377 g/mol. The van der Waals surface area contributed by atoms with Gasteiger partial charge in [-0.3, -0.25) is 9.59 Å². The molecule has 7 heteroatoms. The highest BCUT2D eigenvalue weighted by molar-refractivity contribution is 6.37. The maximum atomic E-state index is 12.9. The molecule has 0 aliphatic carbocycles. The number of amides is 4. The molecule has 0 unspecified atom stereocenters. The summed E-state index contributed by atoms with van der Waals surface area (Å²) in [7, 11) is 0. The van der Waals surface area contributed by atoms with Crippen LogP contribution in [0.5, 0.6) is 0 Å². The number of carbonyl (C=O) groups excluding carboxylic acids is 3. The minimum Gasteiger partial charge on any atom is -0.273 e. The zero-order chi connectivity index (χ0) is 18.1. The molecule has 5 nitrogen and oxygen atoms in total. The van der Waals surface area contributed by atoms with Crippen molar-refractivity contribution in [2.45, 2.75) is 13.3 Å². The Balaban J connectivity index is 2.08. The first kappa shape index (κ1) is 17.5. The summed E-state index contributed by atoms with van der Waals surface area (Å²) in [5.74, 6) is -2.00. The van der Waals surface area contributed by atoms with Crippen molar-refractivity contribution >= 4 is 52.4 Å². The van der Waals surface area contributed by atoms with Crippen molar-refractivity contribution in [3.63, 3.8) is 0 Å². The molecule has 2 aromatic rings. The van der Waals surface area contributed by atoms with Crippen LogP contribution in [-0.2, 0) is 9.59 Å². The number of hydrogen-bond acceptors (Lipinski definition) is 3. The molecule has 0 N–H and O–H groups in total. The maximum Gasteiger partial charge on any atom is 0.342 e. The second-order valence-corrected chi connectivity index (χ2v) is 6.42. The second kappa shape index (κ2) is 6.86. The molecule has 3 rings (SSSR count). The first-order valence-corrected chi connectivity index (χ1v) is 8.42. The van der Waals surface area contributed by atoms with E-state index >= 15 is 0 Å². The van der Waals surface area contributed by atoms with Crippen LogP contribution in [0.3, 0.4) is 0 Å². The fraction of sp³-hybridized carbons (Fsp3) is 0.167. The van der Waals surface area contributed by atoms with Crippen molar-refractivity contribution in [3.05, 3.63) is 58.6 Å². The van der Waals surface area contributed by atoms with E-state index in [0.717, 1.165) is 9.80 Å². The van der Waals surface area contributed by atoms with Gasteiger partial charge in [-0.25, -0.2) is 14.6 Å². The molecule has 1 fully saturated rings. The van der Waals surface area contributed by atoms with Gasteiger partial charge in [0.15, 0.2) is 0 Å². The molecule has 25 heavy (non-hydrogen) atoms. The molecular weight excluding hydrogens is 363 g/mol. The fourth-order valence-electron chi connectivity index (χ4n) is 2.71. The molecule has 2 aromatic carbocycles. The molecule has 128 valence electrons. The van der Waals surface area contributed by atoms with Crippen molar-refractivity contribution in [3.8, 4) is 0 Å². The van der Waals surface area contributed by atoms with Crippen LogP contribution in [0.2, 0.25) is 10.0 Å². The summed E-state index contributed by atoms with van der Waals surface area (Å²) >= 11 is 11.8. The van der Waals surface area contributed by atoms with Crippen molar-refractivity contribution in [2.24, 2.45) is 5.92 Å². The number of anilines is 2. The summed E-state index contributed by atoms with van der Waals surface area (Å²) in [6, 6.07) is 11.9. The van der Waals surface area contributed by atoms with E-state index in [9.17, 15) is 14.4 Å². The summed E-state index contributed by atoms with van der Waals surface area (Å²) < 4.78 is 0. The molecule has 0 atom stereocenters. The predicted octanol–water partition coefficient (Wildman–Crippen LogP) is 4.52. The third-order valence-corrected chi connectivity index (χ3v) is 4.50. The van der Waals surface area contributed by atoms with Gasteiger partial charge in [-0.1, -0.05) is 30.1 Å². The number of carbonyl (C=O) groups is 3. The highest BCUT2D eigenvalue weighted by Crippen LogP contribution is 2.31. The van der Waals surface area contributed by atoms with Gasteiger partial charge in [-0.05, 0) is 55.0 Å². The number of rotatable bonds is 3. The number of imide groups is 2. The lowest BCUT2D eigenvalue weighted by Crippen LogP contribution is -2.60. The summed E-state index contributed by atoms with van der Waals surface area (Å²) in [5.41, 5.74) is 0.730. The molecule has 1 heterocycles. The van der Waals surface area contributed by atoms with E-state index < -0.39 is 23.8 Å². The Morgan fingerprint density at radius 2 is 1.12 bits per heavy atom. The highest BCUT2D eigenvalue weighted by Gasteiger charge is 2.46. The van der Waals surface area contributed by atoms with E-state index in [1.165, 1.54) is 0 Å². The molecule has 1 aliphatic heterocycles. The van der Waals surface area contributed by atoms with Gasteiger partial charge in [-0.15, -0.1) is 0 Å². The summed E-state index contributed by atoms with van der Waals surface area (Å²) in [4.78, 5) is 40.3. The molecule has 0 radical (unpaired) electrons. The van der Waals surface area contributed by atoms with E-state index in [0.29, 0.717) is 27.8 Å². The number of nitrogens with zero attached hydrogens (tertiary/aromatic N) is 2. The van der Waals surface area contributed by atoms with Gasteiger partial charge >= 0.3 is 6.03 Å². The van der Waals surface area contributed by atoms with Crippen molar-refractivity contribution < 1.29 is 14.4 Å². The topological polar surface area (TPSA) is 57.7 Å². The summed E-state index contributed by atoms with van der Waals surface area (Å²) in [5, 5.41) is 0.969. The SMILES string of the molecule is CCC1C(=O)N(c2ccc(Cl)cc2)C(=O)N(c2ccc(Cl)cc2)C1=O. The standard InChI is InChI=1S/C18H14Cl2N2O3/c1-2-15-16(23)21(13-7-3-11(19)4-8-13)18(25)22(17(15)24)14-9-5-12(20)6-10-14/h3-10,15H,2H2,1H3. The first-order chi connectivity index (χ1) is 11.9. The van der Waals surface area contributed by atoms with Crippen LogP contribution in [0, 0.1) is 5.92 Å². The van der Waals surface area contributed by atoms with Crippen LogP contribution >= 0.6 is 23.2 Å². The van der Waals surface area contributed by atoms with Gasteiger partial charge in [-0.2, -0.15) is 0 Å². The minimum atomic E-state index is -0.927. The largest absolute Gasteiger partial charge is 0.342 e. The van der Waals surface area contributed by atoms with Gasteiger partial charge in [0, 0.05) is 10.0 Å². The van der Waals surface area contributed by atoms with E-state index in [1.807, 2.05) is 0 Å². The number of halogens is 2. The monoisotopic (exact) mass is 376 g/mol. The Labute approximate surface area is 154 Å². The molecule has 4 amide bonds. The van der Waals surface area contributed by atoms with Crippen LogP contribution in [-0.4, -0.2) is 17.8 Å². The fourth-order valence-corrected chi connectivity index (χ4v) is 2.96. The van der Waals surface area contributed by atoms with Crippen LogP contribution < -0.4 is 9.80 Å². The lowest BCUT2D eigenvalue weighted by molar-refractivity contribution is -0.132. The third-order valence-electron chi connectivity index (χ3n) is 4.00. The van der Waals surface area contributed by atoms with E-state index in [1.54, 1.807) is 55.5 Å². The normalized spacial score (nSPS) is 15.9. The zero-order valence-electron chi connectivity index (χ0n) is 13.3. The molecular formula is C18H14Cl2N2O3. The zero-order valence-corrected chi connectivity index (χ0v) is 14.8. The summed E-state index contributed by atoms with van der Waals surface area (Å²) in [6.07, 6.45) is 0.291. The smallest absolute Gasteiger partial charge is 0.273 e. The molecule has 1 saturated heterocycles. The number of urea groups is 1. The van der Waals surface area contributed by atoms with Crippen LogP contribution in [0.4, 0.5) is 16.2 Å². The maximum absolute atomic E-state index is 12.9. The van der Waals surface area contributed by atoms with Gasteiger partial charge in [0.25, 0.3) is 0 Å². The molecule has 0 aromatic heterocycles. The number of benzene rings is 2. The minimum absolute atomic E-state index is 0.291. The van der Waals surface area contributed by atoms with Gasteiger partial charge < -0.3 is 0 Å². The van der Waals surface area contributed by atoms with Crippen LogP contribution in [0.1, 0.15) is 13.3 Å². The average Bonchev–Trinajstić information content (AvgIpc) is 2.58. The van der Waals surface area contributed by atoms with Gasteiger partial charge in [0.1, 0.15) is 5.92 Å². The number of barbiturate groups is 1. The molecule has 0 saturated carbocycles. The first-order valence-electron chi connectivity index (χ1n) is 7.67. The Bertz CT molecular complexity index is 767.